The van der Waals surface area contributed by atoms with Crippen molar-refractivity contribution in [2.45, 2.75) is 53.1 Å². The minimum atomic E-state index is 0.511. The van der Waals surface area contributed by atoms with Gasteiger partial charge in [0.05, 0.1) is 12.2 Å². The molecule has 3 heteroatoms. The van der Waals surface area contributed by atoms with Gasteiger partial charge in [-0.2, -0.15) is 0 Å². The number of nitrogens with zero attached hydrogens (tertiary/aromatic N) is 1. The van der Waals surface area contributed by atoms with Gasteiger partial charge in [-0.3, -0.25) is 0 Å². The largest absolute Gasteiger partial charge is 0.444 e. The van der Waals surface area contributed by atoms with E-state index in [1.807, 2.05) is 13.8 Å². The maximum absolute atomic E-state index is 5.52. The summed E-state index contributed by atoms with van der Waals surface area (Å²) in [5, 5.41) is 3.49. The van der Waals surface area contributed by atoms with Gasteiger partial charge in [0.2, 0.25) is 5.89 Å². The molecule has 1 aliphatic rings. The average molecular weight is 208 g/mol. The fraction of sp³-hybridized carbons (Fsp3) is 0.750. The Bertz CT molecular complexity index is 333. The van der Waals surface area contributed by atoms with E-state index in [1.54, 1.807) is 0 Å². The van der Waals surface area contributed by atoms with E-state index >= 15 is 0 Å². The van der Waals surface area contributed by atoms with Gasteiger partial charge < -0.3 is 9.73 Å². The lowest BCUT2D eigenvalue weighted by atomic mass is 10.0. The predicted octanol–water partition coefficient (Wildman–Crippen LogP) is 2.57. The van der Waals surface area contributed by atoms with Crippen LogP contribution in [-0.4, -0.2) is 11.0 Å². The lowest BCUT2D eigenvalue weighted by Crippen LogP contribution is -2.32. The third-order valence-electron chi connectivity index (χ3n) is 3.72. The van der Waals surface area contributed by atoms with E-state index in [4.69, 9.17) is 4.42 Å². The van der Waals surface area contributed by atoms with Gasteiger partial charge in [-0.1, -0.05) is 6.92 Å². The Hall–Kier alpha value is -0.830. The maximum Gasteiger partial charge on any atom is 0.208 e. The van der Waals surface area contributed by atoms with E-state index in [-0.39, 0.29) is 0 Å². The molecule has 1 aromatic heterocycles. The Morgan fingerprint density at radius 2 is 2.13 bits per heavy atom. The first-order chi connectivity index (χ1) is 7.01. The summed E-state index contributed by atoms with van der Waals surface area (Å²) in [7, 11) is 0. The quantitative estimate of drug-likeness (QED) is 0.826. The highest BCUT2D eigenvalue weighted by molar-refractivity contribution is 5.05. The number of hydrogen-bond acceptors (Lipinski definition) is 3. The molecule has 1 N–H and O–H groups in total. The SMILES string of the molecule is Cc1nc(CNC(C)C2(C)CC2)oc1C. The van der Waals surface area contributed by atoms with Crippen molar-refractivity contribution < 1.29 is 4.42 Å². The Kier molecular flexibility index (Phi) is 2.59. The van der Waals surface area contributed by atoms with Crippen molar-refractivity contribution in [1.82, 2.24) is 10.3 Å². The van der Waals surface area contributed by atoms with Crippen molar-refractivity contribution in [3.8, 4) is 0 Å². The molecule has 15 heavy (non-hydrogen) atoms. The summed E-state index contributed by atoms with van der Waals surface area (Å²) in [4.78, 5) is 4.36. The molecule has 0 saturated heterocycles. The number of oxazole rings is 1. The maximum atomic E-state index is 5.52. The van der Waals surface area contributed by atoms with Crippen molar-refractivity contribution in [2.75, 3.05) is 0 Å². The Labute approximate surface area is 91.3 Å². The summed E-state index contributed by atoms with van der Waals surface area (Å²) in [6.45, 7) is 9.25. The van der Waals surface area contributed by atoms with Crippen LogP contribution >= 0.6 is 0 Å². The van der Waals surface area contributed by atoms with Crippen molar-refractivity contribution in [2.24, 2.45) is 5.41 Å². The van der Waals surface area contributed by atoms with Crippen LogP contribution in [0.5, 0.6) is 0 Å². The molecule has 1 saturated carbocycles. The summed E-state index contributed by atoms with van der Waals surface area (Å²) in [5.41, 5.74) is 1.51. The van der Waals surface area contributed by atoms with Crippen molar-refractivity contribution >= 4 is 0 Å². The van der Waals surface area contributed by atoms with Gasteiger partial charge in [0.25, 0.3) is 0 Å². The molecule has 1 aliphatic carbocycles. The normalized spacial score (nSPS) is 20.3. The van der Waals surface area contributed by atoms with Gasteiger partial charge in [-0.15, -0.1) is 0 Å². The molecule has 0 amide bonds. The minimum Gasteiger partial charge on any atom is -0.444 e. The molecule has 1 unspecified atom stereocenters. The highest BCUT2D eigenvalue weighted by Crippen LogP contribution is 2.47. The number of aromatic nitrogens is 1. The van der Waals surface area contributed by atoms with E-state index in [2.05, 4.69) is 24.1 Å². The van der Waals surface area contributed by atoms with Crippen LogP contribution in [0.2, 0.25) is 0 Å². The molecule has 1 aromatic rings. The van der Waals surface area contributed by atoms with Crippen LogP contribution in [-0.2, 0) is 6.54 Å². The van der Waals surface area contributed by atoms with Gasteiger partial charge in [-0.05, 0) is 39.0 Å². The molecule has 0 radical (unpaired) electrons. The monoisotopic (exact) mass is 208 g/mol. The zero-order valence-corrected chi connectivity index (χ0v) is 10.1. The molecule has 0 aromatic carbocycles. The third-order valence-corrected chi connectivity index (χ3v) is 3.72. The summed E-state index contributed by atoms with van der Waals surface area (Å²) in [5.74, 6) is 1.73. The summed E-state index contributed by atoms with van der Waals surface area (Å²) in [6.07, 6.45) is 2.68. The first-order valence-corrected chi connectivity index (χ1v) is 5.67. The number of hydrogen-bond donors (Lipinski definition) is 1. The second-order valence-corrected chi connectivity index (χ2v) is 5.01. The topological polar surface area (TPSA) is 38.1 Å². The molecule has 0 spiro atoms. The van der Waals surface area contributed by atoms with E-state index in [1.165, 1.54) is 12.8 Å². The average Bonchev–Trinajstić information content (AvgIpc) is 2.85. The molecule has 1 atom stereocenters. The fourth-order valence-corrected chi connectivity index (χ4v) is 1.73. The molecule has 3 nitrogen and oxygen atoms in total. The highest BCUT2D eigenvalue weighted by Gasteiger charge is 2.42. The lowest BCUT2D eigenvalue weighted by Gasteiger charge is -2.19. The van der Waals surface area contributed by atoms with E-state index < -0.39 is 0 Å². The van der Waals surface area contributed by atoms with Crippen LogP contribution in [0.25, 0.3) is 0 Å². The second-order valence-electron chi connectivity index (χ2n) is 5.01. The van der Waals surface area contributed by atoms with Crippen molar-refractivity contribution in [3.63, 3.8) is 0 Å². The smallest absolute Gasteiger partial charge is 0.208 e. The molecule has 84 valence electrons. The van der Waals surface area contributed by atoms with Gasteiger partial charge in [0.15, 0.2) is 0 Å². The van der Waals surface area contributed by atoms with Crippen LogP contribution in [0.1, 0.15) is 44.0 Å². The summed E-state index contributed by atoms with van der Waals surface area (Å²) < 4.78 is 5.52. The van der Waals surface area contributed by atoms with Gasteiger partial charge in [0, 0.05) is 6.04 Å². The summed E-state index contributed by atoms with van der Waals surface area (Å²) in [6, 6.07) is 0.546. The molecular weight excluding hydrogens is 188 g/mol. The Morgan fingerprint density at radius 1 is 1.47 bits per heavy atom. The molecule has 0 aliphatic heterocycles. The predicted molar refractivity (Wildman–Crippen MR) is 59.6 cm³/mol. The van der Waals surface area contributed by atoms with Crippen LogP contribution in [0.15, 0.2) is 4.42 Å². The Balaban J connectivity index is 1.87. The molecule has 0 bridgehead atoms. The van der Waals surface area contributed by atoms with E-state index in [9.17, 15) is 0 Å². The van der Waals surface area contributed by atoms with Gasteiger partial charge in [-0.25, -0.2) is 4.98 Å². The van der Waals surface area contributed by atoms with Crippen LogP contribution in [0.4, 0.5) is 0 Å². The fourth-order valence-electron chi connectivity index (χ4n) is 1.73. The van der Waals surface area contributed by atoms with Crippen molar-refractivity contribution in [1.29, 1.82) is 0 Å². The standard InChI is InChI=1S/C12H20N2O/c1-8-9(2)15-11(14-8)7-13-10(3)12(4)5-6-12/h10,13H,5-7H2,1-4H3. The highest BCUT2D eigenvalue weighted by atomic mass is 16.4. The first-order valence-electron chi connectivity index (χ1n) is 5.67. The lowest BCUT2D eigenvalue weighted by molar-refractivity contribution is 0.353. The number of nitrogens with one attached hydrogen (secondary N) is 1. The molecule has 1 heterocycles. The summed E-state index contributed by atoms with van der Waals surface area (Å²) >= 11 is 0. The number of rotatable bonds is 4. The molecular formula is C12H20N2O. The zero-order valence-electron chi connectivity index (χ0n) is 10.1. The van der Waals surface area contributed by atoms with Crippen LogP contribution in [0.3, 0.4) is 0 Å². The Morgan fingerprint density at radius 3 is 2.60 bits per heavy atom. The van der Waals surface area contributed by atoms with E-state index in [0.717, 1.165) is 23.9 Å². The van der Waals surface area contributed by atoms with Gasteiger partial charge in [0.1, 0.15) is 5.76 Å². The molecule has 1 fully saturated rings. The first kappa shape index (κ1) is 10.7. The van der Waals surface area contributed by atoms with Crippen LogP contribution < -0.4 is 5.32 Å². The van der Waals surface area contributed by atoms with E-state index in [0.29, 0.717) is 11.5 Å². The van der Waals surface area contributed by atoms with Crippen LogP contribution in [0, 0.1) is 19.3 Å². The zero-order chi connectivity index (χ0) is 11.1. The second kappa shape index (κ2) is 3.63. The van der Waals surface area contributed by atoms with Gasteiger partial charge >= 0.3 is 0 Å². The molecule has 2 rings (SSSR count). The number of aryl methyl sites for hydroxylation is 2. The third kappa shape index (κ3) is 2.23. The minimum absolute atomic E-state index is 0.511. The van der Waals surface area contributed by atoms with Crippen molar-refractivity contribution in [3.05, 3.63) is 17.3 Å².